The van der Waals surface area contributed by atoms with Crippen molar-refractivity contribution < 1.29 is 19.4 Å². The van der Waals surface area contributed by atoms with Gasteiger partial charge in [0, 0.05) is 25.5 Å². The Balaban J connectivity index is 1.82. The molecule has 0 saturated heterocycles. The summed E-state index contributed by atoms with van der Waals surface area (Å²) in [6.07, 6.45) is 2.01. The summed E-state index contributed by atoms with van der Waals surface area (Å²) in [5.41, 5.74) is 1.68. The molecule has 1 atom stereocenters. The number of aromatic nitrogens is 1. The molecule has 1 amide bonds. The highest BCUT2D eigenvalue weighted by molar-refractivity contribution is 5.78. The lowest BCUT2D eigenvalue weighted by atomic mass is 10.1. The highest BCUT2D eigenvalue weighted by Gasteiger charge is 2.12. The molecular formula is C18H24N2O4. The summed E-state index contributed by atoms with van der Waals surface area (Å²) in [5.74, 6) is 1.13. The van der Waals surface area contributed by atoms with E-state index in [-0.39, 0.29) is 12.3 Å². The van der Waals surface area contributed by atoms with E-state index in [0.29, 0.717) is 24.5 Å². The van der Waals surface area contributed by atoms with Crippen molar-refractivity contribution in [1.82, 2.24) is 9.88 Å². The van der Waals surface area contributed by atoms with Gasteiger partial charge in [0.05, 0.1) is 26.7 Å². The Morgan fingerprint density at radius 1 is 1.25 bits per heavy atom. The fourth-order valence-electron chi connectivity index (χ4n) is 2.56. The number of nitrogens with one attached hydrogen (secondary N) is 1. The van der Waals surface area contributed by atoms with E-state index < -0.39 is 6.10 Å². The third-order valence-corrected chi connectivity index (χ3v) is 3.88. The highest BCUT2D eigenvalue weighted by Crippen LogP contribution is 2.27. The Kier molecular flexibility index (Phi) is 6.26. The maximum Gasteiger partial charge on any atom is 0.224 e. The molecule has 0 bridgehead atoms. The number of hydrogen-bond donors (Lipinski definition) is 2. The number of aliphatic hydroxyl groups is 1. The number of rotatable bonds is 8. The van der Waals surface area contributed by atoms with Crippen LogP contribution in [0.1, 0.15) is 23.8 Å². The van der Waals surface area contributed by atoms with Crippen molar-refractivity contribution in [1.29, 1.82) is 0 Å². The molecule has 0 spiro atoms. The van der Waals surface area contributed by atoms with Gasteiger partial charge in [0.15, 0.2) is 11.5 Å². The smallest absolute Gasteiger partial charge is 0.224 e. The molecule has 0 radical (unpaired) electrons. The van der Waals surface area contributed by atoms with Crippen LogP contribution in [0.3, 0.4) is 0 Å². The van der Waals surface area contributed by atoms with E-state index in [4.69, 9.17) is 9.47 Å². The van der Waals surface area contributed by atoms with Crippen LogP contribution in [-0.4, -0.2) is 36.3 Å². The van der Waals surface area contributed by atoms with Crippen molar-refractivity contribution in [3.8, 4) is 11.5 Å². The first-order valence-electron chi connectivity index (χ1n) is 7.82. The minimum atomic E-state index is -0.591. The van der Waals surface area contributed by atoms with Gasteiger partial charge < -0.3 is 24.5 Å². The van der Waals surface area contributed by atoms with Crippen LogP contribution in [0.15, 0.2) is 36.5 Å². The van der Waals surface area contributed by atoms with E-state index in [1.54, 1.807) is 26.4 Å². The van der Waals surface area contributed by atoms with Gasteiger partial charge in [-0.3, -0.25) is 4.79 Å². The van der Waals surface area contributed by atoms with Crippen LogP contribution in [-0.2, 0) is 18.3 Å². The molecule has 24 heavy (non-hydrogen) atoms. The molecule has 6 nitrogen and oxygen atoms in total. The van der Waals surface area contributed by atoms with Crippen molar-refractivity contribution in [3.05, 3.63) is 47.8 Å². The Morgan fingerprint density at radius 2 is 2.00 bits per heavy atom. The predicted molar refractivity (Wildman–Crippen MR) is 91.2 cm³/mol. The quantitative estimate of drug-likeness (QED) is 0.773. The number of amides is 1. The minimum absolute atomic E-state index is 0.0960. The number of carbonyl (C=O) groups excluding carboxylic acids is 1. The van der Waals surface area contributed by atoms with Crippen LogP contribution in [0.25, 0.3) is 0 Å². The fraction of sp³-hybridized carbons (Fsp3) is 0.389. The van der Waals surface area contributed by atoms with Gasteiger partial charge in [0.1, 0.15) is 0 Å². The number of ether oxygens (including phenoxy) is 2. The fourth-order valence-corrected chi connectivity index (χ4v) is 2.56. The molecule has 0 aliphatic carbocycles. The van der Waals surface area contributed by atoms with Gasteiger partial charge >= 0.3 is 0 Å². The average Bonchev–Trinajstić information content (AvgIpc) is 3.00. The van der Waals surface area contributed by atoms with E-state index in [1.807, 2.05) is 36.0 Å². The number of aryl methyl sites for hydroxylation is 1. The van der Waals surface area contributed by atoms with Crippen molar-refractivity contribution in [2.75, 3.05) is 20.8 Å². The molecule has 1 aromatic carbocycles. The zero-order chi connectivity index (χ0) is 17.5. The second-order valence-electron chi connectivity index (χ2n) is 5.56. The Bertz CT molecular complexity index is 681. The molecule has 0 unspecified atom stereocenters. The first kappa shape index (κ1) is 17.9. The lowest BCUT2D eigenvalue weighted by molar-refractivity contribution is -0.120. The first-order chi connectivity index (χ1) is 11.5. The van der Waals surface area contributed by atoms with E-state index in [9.17, 15) is 9.90 Å². The van der Waals surface area contributed by atoms with Gasteiger partial charge in [0.2, 0.25) is 5.91 Å². The summed E-state index contributed by atoms with van der Waals surface area (Å²) in [5, 5.41) is 12.9. The van der Waals surface area contributed by atoms with Crippen LogP contribution >= 0.6 is 0 Å². The summed E-state index contributed by atoms with van der Waals surface area (Å²) in [4.78, 5) is 12.0. The van der Waals surface area contributed by atoms with Crippen LogP contribution in [0.2, 0.25) is 0 Å². The summed E-state index contributed by atoms with van der Waals surface area (Å²) in [6.45, 7) is 0.415. The van der Waals surface area contributed by atoms with Gasteiger partial charge in [-0.1, -0.05) is 6.07 Å². The second kappa shape index (κ2) is 8.40. The Morgan fingerprint density at radius 3 is 2.62 bits per heavy atom. The summed E-state index contributed by atoms with van der Waals surface area (Å²) < 4.78 is 12.3. The second-order valence-corrected chi connectivity index (χ2v) is 5.56. The van der Waals surface area contributed by atoms with Gasteiger partial charge in [0.25, 0.3) is 0 Å². The lowest BCUT2D eigenvalue weighted by Crippen LogP contribution is -2.27. The third kappa shape index (κ3) is 4.52. The molecule has 2 rings (SSSR count). The summed E-state index contributed by atoms with van der Waals surface area (Å²) >= 11 is 0. The Labute approximate surface area is 142 Å². The molecule has 2 N–H and O–H groups in total. The largest absolute Gasteiger partial charge is 0.493 e. The van der Waals surface area contributed by atoms with Gasteiger partial charge in [-0.25, -0.2) is 0 Å². The van der Waals surface area contributed by atoms with Crippen molar-refractivity contribution >= 4 is 5.91 Å². The van der Waals surface area contributed by atoms with Crippen molar-refractivity contribution in [2.45, 2.75) is 18.9 Å². The SMILES string of the molecule is COc1ccc(CC(=O)NCC[C@H](O)c2cccn2C)cc1OC. The molecule has 0 fully saturated rings. The number of methoxy groups -OCH3 is 2. The summed E-state index contributed by atoms with van der Waals surface area (Å²) in [6, 6.07) is 9.15. The highest BCUT2D eigenvalue weighted by atomic mass is 16.5. The van der Waals surface area contributed by atoms with Gasteiger partial charge in [-0.05, 0) is 36.2 Å². The first-order valence-corrected chi connectivity index (χ1v) is 7.82. The van der Waals surface area contributed by atoms with Crippen molar-refractivity contribution in [3.63, 3.8) is 0 Å². The Hall–Kier alpha value is -2.47. The third-order valence-electron chi connectivity index (χ3n) is 3.88. The van der Waals surface area contributed by atoms with E-state index in [1.165, 1.54) is 0 Å². The zero-order valence-electron chi connectivity index (χ0n) is 14.3. The molecule has 0 aliphatic rings. The van der Waals surface area contributed by atoms with E-state index in [0.717, 1.165) is 11.3 Å². The molecule has 1 heterocycles. The van der Waals surface area contributed by atoms with E-state index in [2.05, 4.69) is 5.32 Å². The van der Waals surface area contributed by atoms with E-state index >= 15 is 0 Å². The van der Waals surface area contributed by atoms with Crippen molar-refractivity contribution in [2.24, 2.45) is 7.05 Å². The molecule has 0 aliphatic heterocycles. The standard InChI is InChI=1S/C18H24N2O4/c1-20-10-4-5-14(20)15(21)8-9-19-18(22)12-13-6-7-16(23-2)17(11-13)24-3/h4-7,10-11,15,21H,8-9,12H2,1-3H3,(H,19,22)/t15-/m0/s1. The monoisotopic (exact) mass is 332 g/mol. The maximum atomic E-state index is 12.0. The zero-order valence-corrected chi connectivity index (χ0v) is 14.3. The predicted octanol–water partition coefficient (Wildman–Crippen LogP) is 1.82. The number of aliphatic hydroxyl groups excluding tert-OH is 1. The molecule has 0 saturated carbocycles. The van der Waals surface area contributed by atoms with Crippen LogP contribution in [0, 0.1) is 0 Å². The number of nitrogens with zero attached hydrogens (tertiary/aromatic N) is 1. The molecular weight excluding hydrogens is 308 g/mol. The average molecular weight is 332 g/mol. The topological polar surface area (TPSA) is 72.7 Å². The number of carbonyl (C=O) groups is 1. The molecule has 2 aromatic rings. The number of hydrogen-bond acceptors (Lipinski definition) is 4. The molecule has 1 aromatic heterocycles. The molecule has 130 valence electrons. The van der Waals surface area contributed by atoms with Crippen LogP contribution in [0.4, 0.5) is 0 Å². The molecule has 6 heteroatoms. The van der Waals surface area contributed by atoms with Gasteiger partial charge in [-0.15, -0.1) is 0 Å². The van der Waals surface area contributed by atoms with Crippen LogP contribution < -0.4 is 14.8 Å². The maximum absolute atomic E-state index is 12.0. The lowest BCUT2D eigenvalue weighted by Gasteiger charge is -2.13. The van der Waals surface area contributed by atoms with Gasteiger partial charge in [-0.2, -0.15) is 0 Å². The summed E-state index contributed by atoms with van der Waals surface area (Å²) in [7, 11) is 5.02. The van der Waals surface area contributed by atoms with Crippen LogP contribution in [0.5, 0.6) is 11.5 Å². The number of benzene rings is 1. The normalized spacial score (nSPS) is 11.8. The minimum Gasteiger partial charge on any atom is -0.493 e.